The van der Waals surface area contributed by atoms with Gasteiger partial charge in [-0.15, -0.1) is 11.8 Å². The van der Waals surface area contributed by atoms with Crippen LogP contribution in [0, 0.1) is 0 Å². The van der Waals surface area contributed by atoms with Crippen LogP contribution < -0.4 is 0 Å². The van der Waals surface area contributed by atoms with Gasteiger partial charge in [0.2, 0.25) is 0 Å². The first kappa shape index (κ1) is 22.2. The summed E-state index contributed by atoms with van der Waals surface area (Å²) in [5.74, 6) is 0.731. The second kappa shape index (κ2) is 9.27. The van der Waals surface area contributed by atoms with E-state index in [0.29, 0.717) is 0 Å². The van der Waals surface area contributed by atoms with Crippen LogP contribution in [-0.2, 0) is 17.3 Å². The third-order valence-electron chi connectivity index (χ3n) is 6.14. The largest absolute Gasteiger partial charge is 0.464 e. The highest BCUT2D eigenvalue weighted by atomic mass is 32.2. The van der Waals surface area contributed by atoms with E-state index in [2.05, 4.69) is 11.0 Å². The first-order valence-electron chi connectivity index (χ1n) is 10.4. The molecule has 1 fully saturated rings. The van der Waals surface area contributed by atoms with Gasteiger partial charge in [0.15, 0.2) is 0 Å². The second-order valence-corrected chi connectivity index (χ2v) is 9.10. The third-order valence-corrected chi connectivity index (χ3v) is 7.42. The van der Waals surface area contributed by atoms with Crippen molar-refractivity contribution in [3.05, 3.63) is 65.9 Å². The van der Waals surface area contributed by atoms with Gasteiger partial charge in [-0.3, -0.25) is 0 Å². The molecular formula is C24H26F3NO2S. The number of furan rings is 1. The summed E-state index contributed by atoms with van der Waals surface area (Å²) in [6.45, 7) is 2.85. The van der Waals surface area contributed by atoms with Gasteiger partial charge in [0.1, 0.15) is 5.58 Å². The smallest absolute Gasteiger partial charge is 0.416 e. The van der Waals surface area contributed by atoms with Crippen molar-refractivity contribution in [3.63, 3.8) is 0 Å². The van der Waals surface area contributed by atoms with Crippen LogP contribution in [0.2, 0.25) is 0 Å². The summed E-state index contributed by atoms with van der Waals surface area (Å²) >= 11 is 1.56. The van der Waals surface area contributed by atoms with Crippen LogP contribution in [0.5, 0.6) is 0 Å². The molecule has 0 bridgehead atoms. The number of alkyl halides is 3. The van der Waals surface area contributed by atoms with Crippen LogP contribution in [0.25, 0.3) is 11.0 Å². The van der Waals surface area contributed by atoms with E-state index in [1.165, 1.54) is 10.9 Å². The van der Waals surface area contributed by atoms with Crippen LogP contribution in [0.3, 0.4) is 0 Å². The number of benzene rings is 2. The van der Waals surface area contributed by atoms with Crippen molar-refractivity contribution >= 4 is 22.7 Å². The van der Waals surface area contributed by atoms with Gasteiger partial charge in [-0.2, -0.15) is 13.2 Å². The lowest BCUT2D eigenvalue weighted by atomic mass is 9.93. The minimum Gasteiger partial charge on any atom is -0.464 e. The minimum absolute atomic E-state index is 0.244. The van der Waals surface area contributed by atoms with E-state index < -0.39 is 11.7 Å². The molecule has 166 valence electrons. The number of likely N-dealkylation sites (tertiary alicyclic amines) is 1. The van der Waals surface area contributed by atoms with E-state index in [1.54, 1.807) is 31.0 Å². The minimum atomic E-state index is -4.30. The number of hydrogen-bond acceptors (Lipinski definition) is 4. The van der Waals surface area contributed by atoms with E-state index in [9.17, 15) is 13.2 Å². The zero-order valence-corrected chi connectivity index (χ0v) is 18.3. The Morgan fingerprint density at radius 1 is 1.06 bits per heavy atom. The molecule has 2 aromatic carbocycles. The molecular weight excluding hydrogens is 423 g/mol. The highest BCUT2D eigenvalue weighted by molar-refractivity contribution is 7.99. The fraction of sp³-hybridized carbons (Fsp3) is 0.417. The van der Waals surface area contributed by atoms with Crippen LogP contribution >= 0.6 is 11.8 Å². The zero-order valence-electron chi connectivity index (χ0n) is 17.5. The number of hydrogen-bond donors (Lipinski definition) is 0. The third kappa shape index (κ3) is 5.27. The summed E-state index contributed by atoms with van der Waals surface area (Å²) in [5, 5.41) is 1.18. The number of rotatable bonds is 7. The summed E-state index contributed by atoms with van der Waals surface area (Å²) in [4.78, 5) is 3.28. The second-order valence-electron chi connectivity index (χ2n) is 8.05. The normalized spacial score (nSPS) is 17.3. The van der Waals surface area contributed by atoms with E-state index in [-0.39, 0.29) is 5.60 Å². The van der Waals surface area contributed by atoms with Crippen LogP contribution in [0.15, 0.2) is 64.1 Å². The van der Waals surface area contributed by atoms with Gasteiger partial charge in [0.05, 0.1) is 17.4 Å². The van der Waals surface area contributed by atoms with E-state index >= 15 is 0 Å². The average Bonchev–Trinajstić information content (AvgIpc) is 3.20. The highest BCUT2D eigenvalue weighted by Gasteiger charge is 2.35. The average molecular weight is 450 g/mol. The molecule has 0 unspecified atom stereocenters. The summed E-state index contributed by atoms with van der Waals surface area (Å²) in [6.07, 6.45) is 0.311. The number of piperidine rings is 1. The number of nitrogens with zero attached hydrogens (tertiary/aromatic N) is 1. The fourth-order valence-electron chi connectivity index (χ4n) is 4.05. The standard InChI is InChI=1S/C24H26F3NO2S/c1-29-23(17-31-20-8-6-19(7-9-20)24(25,26)27)11-14-28(15-12-23)13-10-18-16-30-22-5-3-2-4-21(18)22/h2-9,16H,10-15,17H2,1H3. The number of para-hydroxylation sites is 1. The highest BCUT2D eigenvalue weighted by Crippen LogP contribution is 2.35. The van der Waals surface area contributed by atoms with Gasteiger partial charge < -0.3 is 14.1 Å². The monoisotopic (exact) mass is 449 g/mol. The lowest BCUT2D eigenvalue weighted by Crippen LogP contribution is -2.47. The summed E-state index contributed by atoms with van der Waals surface area (Å²) in [6, 6.07) is 13.5. The van der Waals surface area contributed by atoms with Crippen LogP contribution in [0.4, 0.5) is 13.2 Å². The van der Waals surface area contributed by atoms with Crippen LogP contribution in [-0.4, -0.2) is 43.0 Å². The first-order chi connectivity index (χ1) is 14.9. The number of fused-ring (bicyclic) bond motifs is 1. The Morgan fingerprint density at radius 3 is 2.45 bits per heavy atom. The van der Waals surface area contributed by atoms with Crippen molar-refractivity contribution < 1.29 is 22.3 Å². The molecule has 7 heteroatoms. The van der Waals surface area contributed by atoms with Gasteiger partial charge in [-0.05, 0) is 55.2 Å². The number of ether oxygens (including phenoxy) is 1. The van der Waals surface area contributed by atoms with Crippen molar-refractivity contribution in [2.24, 2.45) is 0 Å². The Hall–Kier alpha value is -1.96. The van der Waals surface area contributed by atoms with Crippen molar-refractivity contribution in [1.82, 2.24) is 4.90 Å². The topological polar surface area (TPSA) is 25.6 Å². The summed E-state index contributed by atoms with van der Waals surface area (Å²) in [7, 11) is 1.74. The van der Waals surface area contributed by atoms with Crippen molar-refractivity contribution in [3.8, 4) is 0 Å². The maximum Gasteiger partial charge on any atom is 0.416 e. The van der Waals surface area contributed by atoms with Crippen molar-refractivity contribution in [1.29, 1.82) is 0 Å². The molecule has 0 aliphatic carbocycles. The fourth-order valence-corrected chi connectivity index (χ4v) is 5.22. The quantitative estimate of drug-likeness (QED) is 0.397. The Labute approximate surface area is 184 Å². The summed E-state index contributed by atoms with van der Waals surface area (Å²) in [5.41, 5.74) is 1.30. The molecule has 2 heterocycles. The number of halogens is 3. The molecule has 3 aromatic rings. The Morgan fingerprint density at radius 2 is 1.77 bits per heavy atom. The molecule has 0 atom stereocenters. The Bertz CT molecular complexity index is 992. The van der Waals surface area contributed by atoms with E-state index in [4.69, 9.17) is 9.15 Å². The molecule has 1 aromatic heterocycles. The SMILES string of the molecule is COC1(CSc2ccc(C(F)(F)F)cc2)CCN(CCc2coc3ccccc23)CC1. The molecule has 0 spiro atoms. The van der Waals surface area contributed by atoms with Gasteiger partial charge in [-0.1, -0.05) is 18.2 Å². The molecule has 4 rings (SSSR count). The van der Waals surface area contributed by atoms with E-state index in [1.807, 2.05) is 24.5 Å². The van der Waals surface area contributed by atoms with Gasteiger partial charge in [0.25, 0.3) is 0 Å². The molecule has 0 N–H and O–H groups in total. The van der Waals surface area contributed by atoms with Gasteiger partial charge in [0, 0.05) is 42.8 Å². The lowest BCUT2D eigenvalue weighted by Gasteiger charge is -2.40. The maximum atomic E-state index is 12.7. The molecule has 0 saturated carbocycles. The number of thioether (sulfide) groups is 1. The summed E-state index contributed by atoms with van der Waals surface area (Å²) < 4.78 is 49.8. The lowest BCUT2D eigenvalue weighted by molar-refractivity contribution is -0.137. The molecule has 1 saturated heterocycles. The van der Waals surface area contributed by atoms with Crippen molar-refractivity contribution in [2.45, 2.75) is 35.9 Å². The predicted molar refractivity (Wildman–Crippen MR) is 118 cm³/mol. The van der Waals surface area contributed by atoms with Gasteiger partial charge >= 0.3 is 6.18 Å². The molecule has 1 aliphatic rings. The maximum absolute atomic E-state index is 12.7. The molecule has 3 nitrogen and oxygen atoms in total. The molecule has 0 amide bonds. The first-order valence-corrected chi connectivity index (χ1v) is 11.4. The van der Waals surface area contributed by atoms with Crippen LogP contribution in [0.1, 0.15) is 24.0 Å². The number of methoxy groups -OCH3 is 1. The Balaban J connectivity index is 1.28. The molecule has 31 heavy (non-hydrogen) atoms. The molecule has 0 radical (unpaired) electrons. The Kier molecular flexibility index (Phi) is 6.65. The van der Waals surface area contributed by atoms with E-state index in [0.717, 1.165) is 67.3 Å². The predicted octanol–water partition coefficient (Wildman–Crippen LogP) is 6.27. The molecule has 1 aliphatic heterocycles. The van der Waals surface area contributed by atoms with Crippen molar-refractivity contribution in [2.75, 3.05) is 32.5 Å². The van der Waals surface area contributed by atoms with Gasteiger partial charge in [-0.25, -0.2) is 0 Å². The zero-order chi connectivity index (χ0) is 21.9.